The number of aromatic nitrogens is 1. The topological polar surface area (TPSA) is 66.9 Å². The third kappa shape index (κ3) is 3.48. The molecule has 1 aliphatic carbocycles. The molecule has 0 radical (unpaired) electrons. The minimum Gasteiger partial charge on any atom is -0.491 e. The summed E-state index contributed by atoms with van der Waals surface area (Å²) in [5.74, 6) is -0.0498. The molecule has 23 heavy (non-hydrogen) atoms. The van der Waals surface area contributed by atoms with Crippen molar-refractivity contribution in [2.75, 3.05) is 26.4 Å². The summed E-state index contributed by atoms with van der Waals surface area (Å²) in [5.41, 5.74) is -0.646. The Kier molecular flexibility index (Phi) is 4.82. The molecule has 0 atom stereocenters. The molecule has 1 aliphatic heterocycles. The van der Waals surface area contributed by atoms with Crippen LogP contribution in [0.15, 0.2) is 24.5 Å². The molecule has 0 N–H and O–H groups in total. The molecule has 0 unspecified atom stereocenters. The smallest absolute Gasteiger partial charge is 0.315 e. The molecular weight excluding hydrogens is 298 g/mol. The van der Waals surface area contributed by atoms with Crippen molar-refractivity contribution in [3.63, 3.8) is 0 Å². The summed E-state index contributed by atoms with van der Waals surface area (Å²) in [7, 11) is 0. The average molecular weight is 321 g/mol. The summed E-state index contributed by atoms with van der Waals surface area (Å²) in [4.78, 5) is 16.6. The maximum absolute atomic E-state index is 12.5. The van der Waals surface area contributed by atoms with Gasteiger partial charge >= 0.3 is 5.97 Å². The largest absolute Gasteiger partial charge is 0.491 e. The van der Waals surface area contributed by atoms with Crippen molar-refractivity contribution in [3.8, 4) is 5.75 Å². The van der Waals surface area contributed by atoms with Gasteiger partial charge in [0, 0.05) is 19.0 Å². The van der Waals surface area contributed by atoms with Gasteiger partial charge in [-0.05, 0) is 31.9 Å². The number of esters is 1. The Balaban J connectivity index is 1.69. The molecule has 0 amide bonds. The van der Waals surface area contributed by atoms with E-state index in [0.29, 0.717) is 51.3 Å². The highest BCUT2D eigenvalue weighted by atomic mass is 16.7. The normalized spacial score (nSPS) is 22.0. The minimum absolute atomic E-state index is 0.197. The lowest BCUT2D eigenvalue weighted by Crippen LogP contribution is -2.47. The van der Waals surface area contributed by atoms with Crippen molar-refractivity contribution in [1.82, 2.24) is 4.98 Å². The molecule has 126 valence electrons. The summed E-state index contributed by atoms with van der Waals surface area (Å²) in [6.45, 7) is 3.72. The third-order valence-corrected chi connectivity index (χ3v) is 4.64. The molecule has 0 aromatic carbocycles. The van der Waals surface area contributed by atoms with E-state index in [0.717, 1.165) is 0 Å². The van der Waals surface area contributed by atoms with Crippen LogP contribution in [0.5, 0.6) is 5.75 Å². The van der Waals surface area contributed by atoms with Crippen LogP contribution in [0.3, 0.4) is 0 Å². The first-order valence-corrected chi connectivity index (χ1v) is 8.16. The Morgan fingerprint density at radius 1 is 1.26 bits per heavy atom. The Hall–Kier alpha value is -1.66. The lowest BCUT2D eigenvalue weighted by molar-refractivity contribution is -0.201. The van der Waals surface area contributed by atoms with E-state index < -0.39 is 11.2 Å². The van der Waals surface area contributed by atoms with Gasteiger partial charge in [-0.3, -0.25) is 9.78 Å². The van der Waals surface area contributed by atoms with Crippen molar-refractivity contribution >= 4 is 5.97 Å². The van der Waals surface area contributed by atoms with Gasteiger partial charge in [-0.2, -0.15) is 0 Å². The lowest BCUT2D eigenvalue weighted by atomic mass is 9.72. The predicted molar refractivity (Wildman–Crippen MR) is 81.9 cm³/mol. The first-order valence-electron chi connectivity index (χ1n) is 8.16. The molecule has 0 bridgehead atoms. The van der Waals surface area contributed by atoms with Crippen LogP contribution in [-0.2, 0) is 19.0 Å². The number of carbonyl (C=O) groups excluding carboxylic acids is 1. The Bertz CT molecular complexity index is 517. The van der Waals surface area contributed by atoms with Crippen molar-refractivity contribution in [1.29, 1.82) is 0 Å². The highest BCUT2D eigenvalue weighted by Crippen LogP contribution is 2.45. The lowest BCUT2D eigenvalue weighted by Gasteiger charge is -2.41. The van der Waals surface area contributed by atoms with Crippen LogP contribution in [0.25, 0.3) is 0 Å². The fraction of sp³-hybridized carbons (Fsp3) is 0.647. The second kappa shape index (κ2) is 6.84. The molecule has 2 heterocycles. The van der Waals surface area contributed by atoms with E-state index in [2.05, 4.69) is 4.98 Å². The maximum atomic E-state index is 12.5. The highest BCUT2D eigenvalue weighted by Gasteiger charge is 2.51. The maximum Gasteiger partial charge on any atom is 0.315 e. The van der Waals surface area contributed by atoms with E-state index in [1.54, 1.807) is 12.4 Å². The summed E-state index contributed by atoms with van der Waals surface area (Å²) < 4.78 is 22.6. The van der Waals surface area contributed by atoms with E-state index in [4.69, 9.17) is 18.9 Å². The van der Waals surface area contributed by atoms with Gasteiger partial charge in [0.25, 0.3) is 0 Å². The quantitative estimate of drug-likeness (QED) is 0.776. The van der Waals surface area contributed by atoms with E-state index in [9.17, 15) is 4.79 Å². The summed E-state index contributed by atoms with van der Waals surface area (Å²) in [6.07, 6.45) is 5.96. The van der Waals surface area contributed by atoms with Gasteiger partial charge in [0.05, 0.1) is 26.0 Å². The van der Waals surface area contributed by atoms with Crippen LogP contribution in [0.2, 0.25) is 0 Å². The third-order valence-electron chi connectivity index (χ3n) is 4.64. The average Bonchev–Trinajstić information content (AvgIpc) is 3.04. The molecule has 2 aliphatic rings. The second-order valence-corrected chi connectivity index (χ2v) is 6.09. The fourth-order valence-electron chi connectivity index (χ4n) is 3.24. The van der Waals surface area contributed by atoms with Gasteiger partial charge in [-0.25, -0.2) is 0 Å². The molecule has 1 saturated heterocycles. The van der Waals surface area contributed by atoms with E-state index in [-0.39, 0.29) is 12.6 Å². The Morgan fingerprint density at radius 2 is 2.00 bits per heavy atom. The van der Waals surface area contributed by atoms with E-state index >= 15 is 0 Å². The van der Waals surface area contributed by atoms with E-state index in [1.807, 2.05) is 19.1 Å². The highest BCUT2D eigenvalue weighted by molar-refractivity contribution is 5.77. The first-order chi connectivity index (χ1) is 11.2. The van der Waals surface area contributed by atoms with E-state index in [1.165, 1.54) is 0 Å². The van der Waals surface area contributed by atoms with Crippen LogP contribution in [0, 0.1) is 5.41 Å². The van der Waals surface area contributed by atoms with Crippen molar-refractivity contribution in [2.45, 2.75) is 38.4 Å². The van der Waals surface area contributed by atoms with Gasteiger partial charge < -0.3 is 18.9 Å². The number of ether oxygens (including phenoxy) is 4. The molecule has 1 aromatic heterocycles. The van der Waals surface area contributed by atoms with Crippen LogP contribution < -0.4 is 4.74 Å². The molecule has 3 rings (SSSR count). The van der Waals surface area contributed by atoms with Crippen LogP contribution in [0.4, 0.5) is 0 Å². The number of carbonyl (C=O) groups is 1. The summed E-state index contributed by atoms with van der Waals surface area (Å²) >= 11 is 0. The molecule has 1 saturated carbocycles. The minimum atomic E-state index is -0.646. The Morgan fingerprint density at radius 3 is 2.61 bits per heavy atom. The summed E-state index contributed by atoms with van der Waals surface area (Å²) in [6, 6.07) is 3.64. The van der Waals surface area contributed by atoms with Crippen molar-refractivity contribution in [2.24, 2.45) is 5.41 Å². The van der Waals surface area contributed by atoms with Crippen LogP contribution in [0.1, 0.15) is 32.6 Å². The van der Waals surface area contributed by atoms with Gasteiger partial charge in [-0.15, -0.1) is 0 Å². The zero-order chi connectivity index (χ0) is 16.2. The number of hydrogen-bond donors (Lipinski definition) is 0. The van der Waals surface area contributed by atoms with Gasteiger partial charge in [-0.1, -0.05) is 0 Å². The predicted octanol–water partition coefficient (Wildman–Crippen LogP) is 2.33. The molecule has 1 aromatic rings. The van der Waals surface area contributed by atoms with Crippen molar-refractivity contribution < 1.29 is 23.7 Å². The molecule has 6 heteroatoms. The molecule has 1 spiro atoms. The Labute approximate surface area is 136 Å². The van der Waals surface area contributed by atoms with Crippen LogP contribution in [-0.4, -0.2) is 43.2 Å². The second-order valence-electron chi connectivity index (χ2n) is 6.09. The number of nitrogens with zero attached hydrogens (tertiary/aromatic N) is 1. The molecule has 2 fully saturated rings. The zero-order valence-electron chi connectivity index (χ0n) is 13.5. The number of pyridine rings is 1. The van der Waals surface area contributed by atoms with Gasteiger partial charge in [0.15, 0.2) is 5.79 Å². The SMILES string of the molecule is CCOC(=O)C1(COc2cccnc2)CCC2(CC1)OCCO2. The molecular formula is C17H23NO5. The standard InChI is InChI=1S/C17H23NO5/c1-2-20-15(19)16(13-21-14-4-3-9-18-12-14)5-7-17(8-6-16)22-10-11-23-17/h3-4,9,12H,2,5-8,10-11,13H2,1H3. The number of hydrogen-bond acceptors (Lipinski definition) is 6. The number of rotatable bonds is 5. The fourth-order valence-corrected chi connectivity index (χ4v) is 3.24. The van der Waals surface area contributed by atoms with Crippen LogP contribution >= 0.6 is 0 Å². The van der Waals surface area contributed by atoms with Crippen molar-refractivity contribution in [3.05, 3.63) is 24.5 Å². The summed E-state index contributed by atoms with van der Waals surface area (Å²) in [5, 5.41) is 0. The van der Waals surface area contributed by atoms with Gasteiger partial charge in [0.2, 0.25) is 0 Å². The zero-order valence-corrected chi connectivity index (χ0v) is 13.5. The van der Waals surface area contributed by atoms with Gasteiger partial charge in [0.1, 0.15) is 17.8 Å². The first kappa shape index (κ1) is 16.2. The molecule has 6 nitrogen and oxygen atoms in total. The monoisotopic (exact) mass is 321 g/mol.